The quantitative estimate of drug-likeness (QED) is 0.750. The molecular weight excluding hydrogens is 238 g/mol. The van der Waals surface area contributed by atoms with E-state index in [1.807, 2.05) is 29.9 Å². The van der Waals surface area contributed by atoms with Crippen molar-refractivity contribution in [2.75, 3.05) is 5.32 Å². The minimum atomic E-state index is 0.753. The molecule has 0 radical (unpaired) electrons. The molecule has 0 atom stereocenters. The van der Waals surface area contributed by atoms with Gasteiger partial charge in [0.2, 0.25) is 0 Å². The van der Waals surface area contributed by atoms with Gasteiger partial charge in [0.05, 0.1) is 24.3 Å². The molecule has 0 unspecified atom stereocenters. The first-order valence-electron chi connectivity index (χ1n) is 6.12. The highest BCUT2D eigenvalue weighted by Gasteiger charge is 2.01. The maximum Gasteiger partial charge on any atom is 0.0946 e. The van der Waals surface area contributed by atoms with Crippen LogP contribution in [0.15, 0.2) is 49.1 Å². The van der Waals surface area contributed by atoms with Gasteiger partial charge in [-0.25, -0.2) is 4.98 Å². The number of aromatic amines is 1. The molecule has 0 aliphatic rings. The number of nitrogens with one attached hydrogen (secondary N) is 2. The molecule has 19 heavy (non-hydrogen) atoms. The molecule has 0 spiro atoms. The van der Waals surface area contributed by atoms with Gasteiger partial charge in [0.1, 0.15) is 0 Å². The predicted octanol–water partition coefficient (Wildman–Crippen LogP) is 2.42. The van der Waals surface area contributed by atoms with Crippen molar-refractivity contribution in [2.45, 2.75) is 6.54 Å². The molecule has 0 amide bonds. The fourth-order valence-corrected chi connectivity index (χ4v) is 1.96. The van der Waals surface area contributed by atoms with E-state index in [-0.39, 0.29) is 0 Å². The van der Waals surface area contributed by atoms with Gasteiger partial charge in [0.25, 0.3) is 0 Å². The summed E-state index contributed by atoms with van der Waals surface area (Å²) in [7, 11) is 1.99. The van der Waals surface area contributed by atoms with Crippen molar-refractivity contribution in [2.24, 2.45) is 7.05 Å². The predicted molar refractivity (Wildman–Crippen MR) is 74.6 cm³/mol. The highest BCUT2D eigenvalue weighted by atomic mass is 15.1. The van der Waals surface area contributed by atoms with Crippen LogP contribution in [0.4, 0.5) is 5.69 Å². The summed E-state index contributed by atoms with van der Waals surface area (Å²) < 4.78 is 2.01. The molecule has 0 saturated heterocycles. The van der Waals surface area contributed by atoms with E-state index in [0.29, 0.717) is 0 Å². The Balaban J connectivity index is 1.75. The maximum absolute atomic E-state index is 4.10. The molecule has 0 bridgehead atoms. The molecule has 5 heteroatoms. The molecule has 0 fully saturated rings. The minimum absolute atomic E-state index is 0.753. The Hall–Kier alpha value is -2.56. The van der Waals surface area contributed by atoms with Crippen molar-refractivity contribution in [1.29, 1.82) is 0 Å². The summed E-state index contributed by atoms with van der Waals surface area (Å²) in [5, 5.41) is 10.3. The first-order valence-corrected chi connectivity index (χ1v) is 6.12. The Morgan fingerprint density at radius 2 is 2.26 bits per heavy atom. The van der Waals surface area contributed by atoms with Crippen molar-refractivity contribution in [3.8, 4) is 11.3 Å². The number of H-pyrrole nitrogens is 1. The highest BCUT2D eigenvalue weighted by Crippen LogP contribution is 2.20. The van der Waals surface area contributed by atoms with E-state index < -0.39 is 0 Å². The number of nitrogens with zero attached hydrogens (tertiary/aromatic N) is 3. The summed E-state index contributed by atoms with van der Waals surface area (Å²) in [6.45, 7) is 0.753. The molecule has 0 saturated carbocycles. The third-order valence-electron chi connectivity index (χ3n) is 3.06. The molecule has 3 rings (SSSR count). The minimum Gasteiger partial charge on any atom is -0.379 e. The van der Waals surface area contributed by atoms with Gasteiger partial charge in [0, 0.05) is 30.7 Å². The van der Waals surface area contributed by atoms with Gasteiger partial charge >= 0.3 is 0 Å². The number of aryl methyl sites for hydroxylation is 1. The molecule has 3 aromatic rings. The van der Waals surface area contributed by atoms with Crippen LogP contribution in [-0.4, -0.2) is 19.7 Å². The molecule has 2 aromatic heterocycles. The summed E-state index contributed by atoms with van der Waals surface area (Å²) in [4.78, 5) is 4.10. The van der Waals surface area contributed by atoms with Gasteiger partial charge in [-0.1, -0.05) is 12.1 Å². The molecule has 0 aliphatic carbocycles. The first kappa shape index (κ1) is 11.5. The largest absolute Gasteiger partial charge is 0.379 e. The molecule has 0 aliphatic heterocycles. The van der Waals surface area contributed by atoms with Crippen LogP contribution in [0.1, 0.15) is 5.69 Å². The van der Waals surface area contributed by atoms with Gasteiger partial charge in [-0.15, -0.1) is 0 Å². The Morgan fingerprint density at radius 1 is 1.32 bits per heavy atom. The molecule has 2 N–H and O–H groups in total. The van der Waals surface area contributed by atoms with E-state index in [0.717, 1.165) is 29.2 Å². The van der Waals surface area contributed by atoms with Crippen molar-refractivity contribution < 1.29 is 0 Å². The van der Waals surface area contributed by atoms with Crippen LogP contribution >= 0.6 is 0 Å². The standard InChI is InChI=1S/C14H15N5/c1-19-10-15-8-13(19)9-16-12-4-2-3-11(7-12)14-5-6-17-18-14/h2-8,10,16H,9H2,1H3,(H,17,18). The van der Waals surface area contributed by atoms with Crippen LogP contribution in [-0.2, 0) is 13.6 Å². The van der Waals surface area contributed by atoms with Gasteiger partial charge in [-0.2, -0.15) is 5.10 Å². The number of hydrogen-bond acceptors (Lipinski definition) is 3. The van der Waals surface area contributed by atoms with E-state index in [2.05, 4.69) is 38.7 Å². The molecule has 96 valence electrons. The van der Waals surface area contributed by atoms with Crippen LogP contribution in [0.5, 0.6) is 0 Å². The average Bonchev–Trinajstić information content (AvgIpc) is 3.08. The van der Waals surface area contributed by atoms with Gasteiger partial charge in [-0.05, 0) is 18.2 Å². The Morgan fingerprint density at radius 3 is 3.00 bits per heavy atom. The molecule has 1 aromatic carbocycles. The number of rotatable bonds is 4. The summed E-state index contributed by atoms with van der Waals surface area (Å²) >= 11 is 0. The average molecular weight is 253 g/mol. The zero-order valence-corrected chi connectivity index (χ0v) is 10.7. The van der Waals surface area contributed by atoms with Crippen LogP contribution in [0, 0.1) is 0 Å². The van der Waals surface area contributed by atoms with E-state index >= 15 is 0 Å². The molecular formula is C14H15N5. The molecule has 2 heterocycles. The number of aromatic nitrogens is 4. The highest BCUT2D eigenvalue weighted by molar-refractivity contribution is 5.64. The third-order valence-corrected chi connectivity index (χ3v) is 3.06. The second-order valence-corrected chi connectivity index (χ2v) is 4.40. The van der Waals surface area contributed by atoms with Crippen molar-refractivity contribution in [3.63, 3.8) is 0 Å². The number of benzene rings is 1. The van der Waals surface area contributed by atoms with Gasteiger partial charge in [0.15, 0.2) is 0 Å². The summed E-state index contributed by atoms with van der Waals surface area (Å²) in [5.41, 5.74) is 4.36. The second-order valence-electron chi connectivity index (χ2n) is 4.40. The second kappa shape index (κ2) is 4.97. The lowest BCUT2D eigenvalue weighted by atomic mass is 10.1. The lowest BCUT2D eigenvalue weighted by molar-refractivity contribution is 0.837. The fraction of sp³-hybridized carbons (Fsp3) is 0.143. The monoisotopic (exact) mass is 253 g/mol. The Labute approximate surface area is 111 Å². The van der Waals surface area contributed by atoms with E-state index in [1.54, 1.807) is 12.5 Å². The van der Waals surface area contributed by atoms with E-state index in [1.165, 1.54) is 0 Å². The topological polar surface area (TPSA) is 58.5 Å². The Kier molecular flexibility index (Phi) is 3.02. The smallest absolute Gasteiger partial charge is 0.0946 e. The summed E-state index contributed by atoms with van der Waals surface area (Å²) in [6.07, 6.45) is 5.43. The van der Waals surface area contributed by atoms with Crippen LogP contribution < -0.4 is 5.32 Å². The lowest BCUT2D eigenvalue weighted by Crippen LogP contribution is -2.03. The lowest BCUT2D eigenvalue weighted by Gasteiger charge is -2.08. The van der Waals surface area contributed by atoms with Crippen LogP contribution in [0.2, 0.25) is 0 Å². The van der Waals surface area contributed by atoms with Crippen molar-refractivity contribution in [3.05, 3.63) is 54.7 Å². The first-order chi connectivity index (χ1) is 9.33. The van der Waals surface area contributed by atoms with Crippen LogP contribution in [0.3, 0.4) is 0 Å². The third kappa shape index (κ3) is 2.49. The zero-order chi connectivity index (χ0) is 13.1. The number of anilines is 1. The molecule has 5 nitrogen and oxygen atoms in total. The van der Waals surface area contributed by atoms with E-state index in [4.69, 9.17) is 0 Å². The van der Waals surface area contributed by atoms with Gasteiger partial charge < -0.3 is 9.88 Å². The SMILES string of the molecule is Cn1cncc1CNc1cccc(-c2ccn[nH]2)c1. The van der Waals surface area contributed by atoms with Gasteiger partial charge in [-0.3, -0.25) is 5.10 Å². The van der Waals surface area contributed by atoms with Crippen LogP contribution in [0.25, 0.3) is 11.3 Å². The maximum atomic E-state index is 4.10. The number of hydrogen-bond donors (Lipinski definition) is 2. The Bertz CT molecular complexity index is 654. The summed E-state index contributed by atoms with van der Waals surface area (Å²) in [6, 6.07) is 10.2. The normalized spacial score (nSPS) is 10.6. The fourth-order valence-electron chi connectivity index (χ4n) is 1.96. The number of imidazole rings is 1. The van der Waals surface area contributed by atoms with Crippen molar-refractivity contribution in [1.82, 2.24) is 19.7 Å². The zero-order valence-electron chi connectivity index (χ0n) is 10.7. The van der Waals surface area contributed by atoms with Crippen molar-refractivity contribution >= 4 is 5.69 Å². The van der Waals surface area contributed by atoms with E-state index in [9.17, 15) is 0 Å². The summed E-state index contributed by atoms with van der Waals surface area (Å²) in [5.74, 6) is 0.